The summed E-state index contributed by atoms with van der Waals surface area (Å²) in [5.74, 6) is -0.00461. The Hall–Kier alpha value is -5.46. The van der Waals surface area contributed by atoms with Crippen molar-refractivity contribution in [3.8, 4) is 39.4 Å². The number of nitrogens with zero attached hydrogens (tertiary/aromatic N) is 1. The van der Waals surface area contributed by atoms with Crippen LogP contribution in [0.15, 0.2) is 152 Å². The molecule has 0 unspecified atom stereocenters. The molecule has 0 amide bonds. The number of hydrogen-bond donors (Lipinski definition) is 0. The van der Waals surface area contributed by atoms with Crippen LogP contribution in [0.5, 0.6) is 5.75 Å². The van der Waals surface area contributed by atoms with Crippen molar-refractivity contribution < 1.29 is 29.0 Å². The van der Waals surface area contributed by atoms with Gasteiger partial charge in [0.1, 0.15) is 5.52 Å². The Balaban J connectivity index is 0.00000312. The molecule has 0 bridgehead atoms. The normalized spacial score (nSPS) is 11.4. The molecule has 1 N–H and O–H groups in total. The van der Waals surface area contributed by atoms with Gasteiger partial charge in [-0.1, -0.05) is 121 Å². The molecular formula is C42H26LiN2O+. The van der Waals surface area contributed by atoms with Crippen molar-refractivity contribution in [3.63, 3.8) is 0 Å². The summed E-state index contributed by atoms with van der Waals surface area (Å²) < 4.78 is 0. The number of hydrogen-bond acceptors (Lipinski definition) is 2. The van der Waals surface area contributed by atoms with E-state index in [9.17, 15) is 5.11 Å². The van der Waals surface area contributed by atoms with E-state index in [1.54, 1.807) is 12.1 Å². The summed E-state index contributed by atoms with van der Waals surface area (Å²) in [5, 5.41) is 22.3. The molecule has 0 spiro atoms. The molecule has 9 aromatic rings. The van der Waals surface area contributed by atoms with E-state index in [0.29, 0.717) is 5.56 Å². The number of para-hydroxylation sites is 1. The Morgan fingerprint density at radius 2 is 1.00 bits per heavy atom. The Labute approximate surface area is 278 Å². The number of fused-ring (bicyclic) bond motifs is 9. The van der Waals surface area contributed by atoms with Crippen molar-refractivity contribution in [3.05, 3.63) is 152 Å². The van der Waals surface area contributed by atoms with E-state index in [0.717, 1.165) is 38.8 Å². The van der Waals surface area contributed by atoms with Gasteiger partial charge >= 0.3 is 18.9 Å². The van der Waals surface area contributed by atoms with E-state index in [2.05, 4.69) is 120 Å². The van der Waals surface area contributed by atoms with Crippen LogP contribution in [0.4, 0.5) is 0 Å². The quantitative estimate of drug-likeness (QED) is 0.171. The van der Waals surface area contributed by atoms with Gasteiger partial charge in [0, 0.05) is 28.0 Å². The standard InChI is InChI=1S/C42H26N2O.Li/c45-40-12-6-5-11-36(40)39-24-21-29-18-17-28-20-23-38(43-41(28)42(29)44-39)27-15-13-26(14-16-27)30-19-22-35-33-9-2-1-7-31(33)32-8-3-4-10-34(32)37(35)25-30;/h1-25,45H;/q;+1. The third kappa shape index (κ3) is 4.53. The second-order valence-corrected chi connectivity index (χ2v) is 11.6. The number of rotatable bonds is 3. The summed E-state index contributed by atoms with van der Waals surface area (Å²) in [7, 11) is 0. The molecule has 0 fully saturated rings. The van der Waals surface area contributed by atoms with E-state index in [4.69, 9.17) is 4.98 Å². The van der Waals surface area contributed by atoms with Gasteiger partial charge in [-0.2, -0.15) is 0 Å². The van der Waals surface area contributed by atoms with Gasteiger partial charge in [0.05, 0.1) is 5.69 Å². The summed E-state index contributed by atoms with van der Waals surface area (Å²) in [6.07, 6.45) is 0. The molecule has 0 saturated heterocycles. The third-order valence-corrected chi connectivity index (χ3v) is 9.02. The molecule has 2 aromatic heterocycles. The van der Waals surface area contributed by atoms with Crippen LogP contribution in [0.1, 0.15) is 0 Å². The van der Waals surface area contributed by atoms with Gasteiger partial charge < -0.3 is 5.11 Å². The third-order valence-electron chi connectivity index (χ3n) is 9.02. The van der Waals surface area contributed by atoms with E-state index in [-0.39, 0.29) is 24.6 Å². The molecule has 7 aromatic carbocycles. The van der Waals surface area contributed by atoms with Crippen LogP contribution in [0.25, 0.3) is 87.8 Å². The molecule has 4 heteroatoms. The molecule has 0 aliphatic heterocycles. The summed E-state index contributed by atoms with van der Waals surface area (Å²) in [4.78, 5) is 8.64. The number of H-pyrrole nitrogens is 1. The molecule has 0 saturated carbocycles. The molecule has 0 radical (unpaired) electrons. The molecule has 0 aliphatic rings. The van der Waals surface area contributed by atoms with Gasteiger partial charge in [0.25, 0.3) is 0 Å². The largest absolute Gasteiger partial charge is 1.00 e. The molecule has 0 aliphatic carbocycles. The fourth-order valence-corrected chi connectivity index (χ4v) is 6.75. The average Bonchev–Trinajstić information content (AvgIpc) is 3.11. The van der Waals surface area contributed by atoms with Crippen LogP contribution in [0, 0.1) is 0 Å². The average molecular weight is 582 g/mol. The summed E-state index contributed by atoms with van der Waals surface area (Å²) in [6.45, 7) is 0. The zero-order valence-corrected chi connectivity index (χ0v) is 25.3. The fraction of sp³-hybridized carbons (Fsp3) is 0. The first kappa shape index (κ1) is 28.0. The number of nitrogens with one attached hydrogen (secondary N) is 1. The van der Waals surface area contributed by atoms with Crippen LogP contribution < -0.4 is 29.0 Å². The predicted octanol–water partition coefficient (Wildman–Crippen LogP) is 6.74. The van der Waals surface area contributed by atoms with Gasteiger partial charge in [-0.25, -0.2) is 9.97 Å². The van der Waals surface area contributed by atoms with Gasteiger partial charge in [-0.15, -0.1) is 0 Å². The molecule has 9 rings (SSSR count). The second kappa shape index (κ2) is 11.2. The molecule has 210 valence electrons. The fourth-order valence-electron chi connectivity index (χ4n) is 6.75. The topological polar surface area (TPSA) is 50.1 Å². The monoisotopic (exact) mass is 581 g/mol. The van der Waals surface area contributed by atoms with Gasteiger partial charge in [0.2, 0.25) is 11.2 Å². The SMILES string of the molecule is [Li+].[O-]c1ccccc1-c1ccc2ccc3ccc(-c4ccc(-c5ccc6c7ccccc7c7ccccc7c6c5)cc4)nc3c2[nH+]1. The van der Waals surface area contributed by atoms with Crippen molar-refractivity contribution in [2.45, 2.75) is 0 Å². The predicted molar refractivity (Wildman–Crippen MR) is 184 cm³/mol. The first-order chi connectivity index (χ1) is 22.2. The van der Waals surface area contributed by atoms with E-state index in [1.807, 2.05) is 24.3 Å². The maximum atomic E-state index is 12.5. The Bertz CT molecular complexity index is 2580. The smallest absolute Gasteiger partial charge is 0.872 e. The molecule has 0 atom stereocenters. The van der Waals surface area contributed by atoms with Gasteiger partial charge in [-0.05, 0) is 73.8 Å². The number of aromatic amines is 1. The maximum absolute atomic E-state index is 12.5. The zero-order chi connectivity index (χ0) is 29.9. The van der Waals surface area contributed by atoms with E-state index < -0.39 is 0 Å². The van der Waals surface area contributed by atoms with Crippen LogP contribution in [0.2, 0.25) is 0 Å². The Morgan fingerprint density at radius 3 is 1.72 bits per heavy atom. The number of pyridine rings is 2. The van der Waals surface area contributed by atoms with Crippen LogP contribution in [-0.4, -0.2) is 4.98 Å². The van der Waals surface area contributed by atoms with Crippen molar-refractivity contribution in [1.29, 1.82) is 0 Å². The minimum Gasteiger partial charge on any atom is -0.872 e. The van der Waals surface area contributed by atoms with E-state index >= 15 is 0 Å². The van der Waals surface area contributed by atoms with Crippen molar-refractivity contribution in [2.24, 2.45) is 0 Å². The number of benzene rings is 7. The summed E-state index contributed by atoms with van der Waals surface area (Å²) >= 11 is 0. The summed E-state index contributed by atoms with van der Waals surface area (Å²) in [5.41, 5.74) is 7.55. The van der Waals surface area contributed by atoms with Gasteiger partial charge in [-0.3, -0.25) is 0 Å². The van der Waals surface area contributed by atoms with Crippen molar-refractivity contribution in [1.82, 2.24) is 4.98 Å². The molecule has 2 heterocycles. The Kier molecular flexibility index (Phi) is 6.80. The summed E-state index contributed by atoms with van der Waals surface area (Å²) in [6, 6.07) is 52.4. The van der Waals surface area contributed by atoms with Crippen molar-refractivity contribution >= 4 is 54.1 Å². The molecular weight excluding hydrogens is 555 g/mol. The number of aromatic nitrogens is 2. The molecule has 3 nitrogen and oxygen atoms in total. The van der Waals surface area contributed by atoms with Crippen molar-refractivity contribution in [2.75, 3.05) is 0 Å². The minimum atomic E-state index is -0.00461. The first-order valence-electron chi connectivity index (χ1n) is 15.2. The first-order valence-corrected chi connectivity index (χ1v) is 15.2. The zero-order valence-electron chi connectivity index (χ0n) is 25.3. The molecule has 46 heavy (non-hydrogen) atoms. The van der Waals surface area contributed by atoms with E-state index in [1.165, 1.54) is 43.4 Å². The van der Waals surface area contributed by atoms with Crippen LogP contribution in [-0.2, 0) is 0 Å². The van der Waals surface area contributed by atoms with Crippen LogP contribution >= 0.6 is 0 Å². The Morgan fingerprint density at radius 1 is 0.457 bits per heavy atom. The maximum Gasteiger partial charge on any atom is 1.00 e. The second-order valence-electron chi connectivity index (χ2n) is 11.6. The van der Waals surface area contributed by atoms with Crippen LogP contribution in [0.3, 0.4) is 0 Å². The minimum absolute atomic E-state index is 0. The van der Waals surface area contributed by atoms with Gasteiger partial charge in [0.15, 0.2) is 0 Å².